The van der Waals surface area contributed by atoms with Crippen LogP contribution in [-0.2, 0) is 29.4 Å². The van der Waals surface area contributed by atoms with Crippen molar-refractivity contribution in [3.05, 3.63) is 44.3 Å². The molecule has 0 radical (unpaired) electrons. The van der Waals surface area contributed by atoms with Crippen LogP contribution in [0.25, 0.3) is 11.2 Å². The van der Waals surface area contributed by atoms with E-state index in [1.54, 1.807) is 4.57 Å². The van der Waals surface area contributed by atoms with E-state index in [0.29, 0.717) is 30.8 Å². The first-order valence-electron chi connectivity index (χ1n) is 10.5. The Morgan fingerprint density at radius 3 is 2.73 bits per heavy atom. The number of nitrogens with zero attached hydrogens (tertiary/aromatic N) is 4. The highest BCUT2D eigenvalue weighted by Crippen LogP contribution is 2.29. The summed E-state index contributed by atoms with van der Waals surface area (Å²) in [5.74, 6) is 0.395. The summed E-state index contributed by atoms with van der Waals surface area (Å²) in [6.07, 6.45) is 0.525. The maximum absolute atomic E-state index is 13.9. The van der Waals surface area contributed by atoms with Gasteiger partial charge in [0.2, 0.25) is 10.0 Å². The van der Waals surface area contributed by atoms with Gasteiger partial charge in [-0.1, -0.05) is 13.8 Å². The molecule has 0 bridgehead atoms. The van der Waals surface area contributed by atoms with Crippen LogP contribution in [0, 0.1) is 15.6 Å². The number of halogens is 2. The Morgan fingerprint density at radius 1 is 1.24 bits per heavy atom. The Morgan fingerprint density at radius 2 is 2.00 bits per heavy atom. The fraction of sp³-hybridized carbons (Fsp3) is 0.429. The molecule has 1 aromatic carbocycles. The number of rotatable bonds is 8. The van der Waals surface area contributed by atoms with Gasteiger partial charge >= 0.3 is 6.08 Å². The van der Waals surface area contributed by atoms with Gasteiger partial charge in [0.15, 0.2) is 22.8 Å². The van der Waals surface area contributed by atoms with Gasteiger partial charge in [-0.15, -0.1) is 0 Å². The summed E-state index contributed by atoms with van der Waals surface area (Å²) in [6, 6.07) is 3.87. The molecule has 2 aromatic heterocycles. The standard InChI is InChI=1S/C21H24FIN6O3S/c1-11(2)10-25-33(31,32)6-5-29-17(26-18-19(24)27-21(22)28-20(18)29)9-13-7-14-12(8-15(13)23)3-4-16(14)30/h7-8,11,25H,3-6,9-10H2,1-2H3,(H2,24,27,28). The molecule has 4 rings (SSSR count). The summed E-state index contributed by atoms with van der Waals surface area (Å²) < 4.78 is 44.0. The number of imidazole rings is 1. The van der Waals surface area contributed by atoms with Gasteiger partial charge in [-0.2, -0.15) is 14.4 Å². The van der Waals surface area contributed by atoms with E-state index in [4.69, 9.17) is 5.73 Å². The predicted octanol–water partition coefficient (Wildman–Crippen LogP) is 2.45. The van der Waals surface area contributed by atoms with Crippen molar-refractivity contribution in [1.29, 1.82) is 0 Å². The Bertz CT molecular complexity index is 1360. The molecule has 0 saturated heterocycles. The van der Waals surface area contributed by atoms with Crippen LogP contribution < -0.4 is 10.5 Å². The Hall–Kier alpha value is -2.19. The van der Waals surface area contributed by atoms with Crippen molar-refractivity contribution in [2.75, 3.05) is 18.0 Å². The van der Waals surface area contributed by atoms with Crippen LogP contribution in [0.15, 0.2) is 12.1 Å². The number of carbonyl (C=O) groups is 1. The average molecular weight is 586 g/mol. The second-order valence-electron chi connectivity index (χ2n) is 8.49. The van der Waals surface area contributed by atoms with Crippen LogP contribution >= 0.6 is 22.6 Å². The zero-order valence-electron chi connectivity index (χ0n) is 18.2. The van der Waals surface area contributed by atoms with Crippen molar-refractivity contribution >= 4 is 55.4 Å². The molecule has 0 unspecified atom stereocenters. The van der Waals surface area contributed by atoms with E-state index in [-0.39, 0.29) is 41.0 Å². The number of nitrogens with one attached hydrogen (secondary N) is 1. The van der Waals surface area contributed by atoms with E-state index in [0.717, 1.165) is 21.1 Å². The van der Waals surface area contributed by atoms with E-state index in [9.17, 15) is 17.6 Å². The zero-order valence-corrected chi connectivity index (χ0v) is 21.2. The monoisotopic (exact) mass is 586 g/mol. The largest absolute Gasteiger partial charge is 0.382 e. The third-order valence-corrected chi connectivity index (χ3v) is 7.84. The van der Waals surface area contributed by atoms with Crippen molar-refractivity contribution in [3.63, 3.8) is 0 Å². The number of carbonyl (C=O) groups excluding carboxylic acids is 1. The zero-order chi connectivity index (χ0) is 23.9. The topological polar surface area (TPSA) is 133 Å². The van der Waals surface area contributed by atoms with Crippen LogP contribution in [0.1, 0.15) is 47.6 Å². The Kier molecular flexibility index (Phi) is 6.69. The molecule has 33 heavy (non-hydrogen) atoms. The molecule has 0 amide bonds. The molecule has 0 fully saturated rings. The number of aryl methyl sites for hydroxylation is 2. The maximum Gasteiger partial charge on any atom is 0.312 e. The van der Waals surface area contributed by atoms with Gasteiger partial charge < -0.3 is 10.3 Å². The number of ketones is 1. The first kappa shape index (κ1) is 24.0. The number of sulfonamides is 1. The summed E-state index contributed by atoms with van der Waals surface area (Å²) in [7, 11) is -3.57. The number of fused-ring (bicyclic) bond motifs is 2. The fourth-order valence-corrected chi connectivity index (χ4v) is 5.68. The first-order valence-corrected chi connectivity index (χ1v) is 13.3. The van der Waals surface area contributed by atoms with Crippen LogP contribution in [0.2, 0.25) is 0 Å². The van der Waals surface area contributed by atoms with E-state index in [1.807, 2.05) is 26.0 Å². The van der Waals surface area contributed by atoms with Crippen molar-refractivity contribution in [2.45, 2.75) is 39.7 Å². The molecule has 176 valence electrons. The highest BCUT2D eigenvalue weighted by molar-refractivity contribution is 14.1. The van der Waals surface area contributed by atoms with Crippen molar-refractivity contribution < 1.29 is 17.6 Å². The molecule has 9 nitrogen and oxygen atoms in total. The minimum Gasteiger partial charge on any atom is -0.382 e. The molecule has 0 spiro atoms. The van der Waals surface area contributed by atoms with Gasteiger partial charge in [0, 0.05) is 35.1 Å². The summed E-state index contributed by atoms with van der Waals surface area (Å²) in [5.41, 5.74) is 8.83. The lowest BCUT2D eigenvalue weighted by Gasteiger charge is -2.12. The molecule has 0 atom stereocenters. The molecule has 0 saturated carbocycles. The van der Waals surface area contributed by atoms with E-state index < -0.39 is 16.1 Å². The lowest BCUT2D eigenvalue weighted by atomic mass is 10.0. The second kappa shape index (κ2) is 9.22. The molecule has 1 aliphatic rings. The van der Waals surface area contributed by atoms with Crippen molar-refractivity contribution in [1.82, 2.24) is 24.2 Å². The maximum atomic E-state index is 13.9. The van der Waals surface area contributed by atoms with Crippen molar-refractivity contribution in [2.24, 2.45) is 5.92 Å². The number of hydrogen-bond donors (Lipinski definition) is 2. The SMILES string of the molecule is CC(C)CNS(=O)(=O)CCn1c(Cc2cc3c(cc2I)CCC3=O)nc2c(N)nc(F)nc21. The lowest BCUT2D eigenvalue weighted by Crippen LogP contribution is -2.31. The third kappa shape index (κ3) is 5.17. The summed E-state index contributed by atoms with van der Waals surface area (Å²) in [5, 5.41) is 0. The Labute approximate surface area is 204 Å². The van der Waals surface area contributed by atoms with Crippen LogP contribution in [0.5, 0.6) is 0 Å². The van der Waals surface area contributed by atoms with Gasteiger partial charge in [-0.3, -0.25) is 4.79 Å². The quantitative estimate of drug-likeness (QED) is 0.306. The average Bonchev–Trinajstić information content (AvgIpc) is 3.26. The molecule has 3 N–H and O–H groups in total. The summed E-state index contributed by atoms with van der Waals surface area (Å²) >= 11 is 2.21. The van der Waals surface area contributed by atoms with Gasteiger partial charge in [0.25, 0.3) is 0 Å². The second-order valence-corrected chi connectivity index (χ2v) is 11.6. The minimum absolute atomic E-state index is 0.00953. The third-order valence-electron chi connectivity index (χ3n) is 5.51. The number of aromatic nitrogens is 4. The molecular weight excluding hydrogens is 562 g/mol. The molecule has 0 aliphatic heterocycles. The molecule has 1 aliphatic carbocycles. The highest BCUT2D eigenvalue weighted by atomic mass is 127. The van der Waals surface area contributed by atoms with Crippen molar-refractivity contribution in [3.8, 4) is 0 Å². The molecule has 3 aromatic rings. The fourth-order valence-electron chi connectivity index (χ4n) is 3.80. The summed E-state index contributed by atoms with van der Waals surface area (Å²) in [4.78, 5) is 24.1. The van der Waals surface area contributed by atoms with E-state index in [2.05, 4.69) is 42.3 Å². The summed E-state index contributed by atoms with van der Waals surface area (Å²) in [6.45, 7) is 4.16. The van der Waals surface area contributed by atoms with Crippen LogP contribution in [0.3, 0.4) is 0 Å². The first-order chi connectivity index (χ1) is 15.5. The van der Waals surface area contributed by atoms with Gasteiger partial charge in [0.1, 0.15) is 5.82 Å². The smallest absolute Gasteiger partial charge is 0.312 e. The molecule has 12 heteroatoms. The predicted molar refractivity (Wildman–Crippen MR) is 131 cm³/mol. The van der Waals surface area contributed by atoms with Gasteiger partial charge in [0.05, 0.1) is 5.75 Å². The number of nitrogen functional groups attached to an aromatic ring is 1. The number of Topliss-reactive ketones (excluding diaryl/α,β-unsaturated/α-hetero) is 1. The highest BCUT2D eigenvalue weighted by Gasteiger charge is 2.24. The number of benzene rings is 1. The number of anilines is 1. The van der Waals surface area contributed by atoms with Gasteiger partial charge in [-0.05, 0) is 58.2 Å². The van der Waals surface area contributed by atoms with E-state index in [1.165, 1.54) is 0 Å². The van der Waals surface area contributed by atoms with Crippen LogP contribution in [0.4, 0.5) is 10.2 Å². The minimum atomic E-state index is -3.57. The van der Waals surface area contributed by atoms with E-state index >= 15 is 0 Å². The normalized spacial score (nSPS) is 13.9. The lowest BCUT2D eigenvalue weighted by molar-refractivity contribution is 0.0994. The molecular formula is C21H24FIN6O3S. The number of nitrogens with two attached hydrogens (primary N) is 1. The molecule has 2 heterocycles. The van der Waals surface area contributed by atoms with Crippen LogP contribution in [-0.4, -0.2) is 46.0 Å². The number of hydrogen-bond acceptors (Lipinski definition) is 7. The Balaban J connectivity index is 1.72. The van der Waals surface area contributed by atoms with Gasteiger partial charge in [-0.25, -0.2) is 18.1 Å².